The topological polar surface area (TPSA) is 95.6 Å². The molecule has 2 aromatic carbocycles. The van der Waals surface area contributed by atoms with Gasteiger partial charge >= 0.3 is 0 Å². The van der Waals surface area contributed by atoms with E-state index in [1.807, 2.05) is 0 Å². The van der Waals surface area contributed by atoms with Gasteiger partial charge in [0.25, 0.3) is 21.8 Å². The Morgan fingerprint density at radius 3 is 2.29 bits per heavy atom. The number of sulfonamides is 1. The van der Waals surface area contributed by atoms with Gasteiger partial charge in [-0.3, -0.25) is 13.9 Å². The minimum Gasteiger partial charge on any atom is -0.349 e. The van der Waals surface area contributed by atoms with Gasteiger partial charge in [-0.2, -0.15) is 0 Å². The van der Waals surface area contributed by atoms with Gasteiger partial charge in [-0.05, 0) is 60.7 Å². The number of benzene rings is 2. The van der Waals surface area contributed by atoms with Crippen LogP contribution in [0.4, 0.5) is 11.4 Å². The first-order valence-electron chi connectivity index (χ1n) is 11.2. The zero-order valence-electron chi connectivity index (χ0n) is 18.9. The maximum atomic E-state index is 12.9. The highest BCUT2D eigenvalue weighted by Crippen LogP contribution is 2.26. The molecule has 1 aliphatic carbocycles. The van der Waals surface area contributed by atoms with Gasteiger partial charge in [0.2, 0.25) is 0 Å². The summed E-state index contributed by atoms with van der Waals surface area (Å²) in [4.78, 5) is 25.7. The number of amides is 2. The molecular weight excluding hydrogens is 470 g/mol. The largest absolute Gasteiger partial charge is 0.349 e. The molecule has 3 aromatic rings. The molecule has 2 N–H and O–H groups in total. The molecule has 1 aliphatic rings. The van der Waals surface area contributed by atoms with Crippen molar-refractivity contribution in [2.24, 2.45) is 0 Å². The van der Waals surface area contributed by atoms with Gasteiger partial charge in [0, 0.05) is 18.7 Å². The first-order chi connectivity index (χ1) is 16.4. The van der Waals surface area contributed by atoms with E-state index in [1.165, 1.54) is 17.8 Å². The number of hydrogen-bond donors (Lipinski definition) is 2. The van der Waals surface area contributed by atoms with Crippen molar-refractivity contribution >= 4 is 44.5 Å². The molecule has 0 aliphatic heterocycles. The Morgan fingerprint density at radius 1 is 0.912 bits per heavy atom. The second-order valence-electron chi connectivity index (χ2n) is 8.26. The summed E-state index contributed by atoms with van der Waals surface area (Å²) in [6.45, 7) is 0. The lowest BCUT2D eigenvalue weighted by Gasteiger charge is -2.23. The molecule has 0 unspecified atom stereocenters. The standard InChI is InChI=1S/C25H27N3O4S2/c1-28(34(31,32)23-12-7-17-33-23)20-15-13-18(14-16-20)24(29)27-22-11-6-5-10-21(22)25(30)26-19-8-3-2-4-9-19/h5-7,10-17,19H,2-4,8-9H2,1H3,(H,26,30)(H,27,29). The van der Waals surface area contributed by atoms with Crippen LogP contribution in [0.1, 0.15) is 52.8 Å². The number of carbonyl (C=O) groups is 2. The van der Waals surface area contributed by atoms with Crippen molar-refractivity contribution in [3.63, 3.8) is 0 Å². The summed E-state index contributed by atoms with van der Waals surface area (Å²) in [5.41, 5.74) is 1.65. The molecule has 1 aromatic heterocycles. The molecule has 2 amide bonds. The first-order valence-corrected chi connectivity index (χ1v) is 13.5. The highest BCUT2D eigenvalue weighted by Gasteiger charge is 2.23. The molecule has 7 nitrogen and oxygen atoms in total. The molecule has 1 saturated carbocycles. The monoisotopic (exact) mass is 497 g/mol. The molecular formula is C25H27N3O4S2. The van der Waals surface area contributed by atoms with E-state index in [-0.39, 0.29) is 22.1 Å². The van der Waals surface area contributed by atoms with Crippen molar-refractivity contribution in [2.75, 3.05) is 16.7 Å². The van der Waals surface area contributed by atoms with E-state index in [1.54, 1.807) is 66.0 Å². The summed E-state index contributed by atoms with van der Waals surface area (Å²) in [6, 6.07) is 16.6. The fourth-order valence-corrected chi connectivity index (χ4v) is 6.36. The summed E-state index contributed by atoms with van der Waals surface area (Å²) in [7, 11) is -2.17. The van der Waals surface area contributed by atoms with Crippen LogP contribution in [0.5, 0.6) is 0 Å². The van der Waals surface area contributed by atoms with E-state index in [2.05, 4.69) is 10.6 Å². The molecule has 0 atom stereocenters. The lowest BCUT2D eigenvalue weighted by molar-refractivity contribution is 0.0928. The fraction of sp³-hybridized carbons (Fsp3) is 0.280. The molecule has 34 heavy (non-hydrogen) atoms. The van der Waals surface area contributed by atoms with Gasteiger partial charge in [-0.1, -0.05) is 37.5 Å². The predicted octanol–water partition coefficient (Wildman–Crippen LogP) is 4.89. The number of thiophene rings is 1. The van der Waals surface area contributed by atoms with Gasteiger partial charge in [-0.15, -0.1) is 11.3 Å². The third kappa shape index (κ3) is 5.31. The van der Waals surface area contributed by atoms with Gasteiger partial charge in [0.15, 0.2) is 0 Å². The maximum Gasteiger partial charge on any atom is 0.273 e. The van der Waals surface area contributed by atoms with Crippen LogP contribution in [-0.4, -0.2) is 33.3 Å². The summed E-state index contributed by atoms with van der Waals surface area (Å²) in [6.07, 6.45) is 5.38. The van der Waals surface area contributed by atoms with Crippen LogP contribution < -0.4 is 14.9 Å². The maximum absolute atomic E-state index is 12.9. The van der Waals surface area contributed by atoms with Crippen LogP contribution in [0.2, 0.25) is 0 Å². The van der Waals surface area contributed by atoms with E-state index in [4.69, 9.17) is 0 Å². The molecule has 0 saturated heterocycles. The van der Waals surface area contributed by atoms with Crippen LogP contribution in [0, 0.1) is 0 Å². The molecule has 178 valence electrons. The Labute approximate surface area is 203 Å². The molecule has 0 radical (unpaired) electrons. The smallest absolute Gasteiger partial charge is 0.273 e. The van der Waals surface area contributed by atoms with Crippen LogP contribution in [0.3, 0.4) is 0 Å². The summed E-state index contributed by atoms with van der Waals surface area (Å²) < 4.78 is 26.9. The Bertz CT molecular complexity index is 1250. The highest BCUT2D eigenvalue weighted by atomic mass is 32.2. The van der Waals surface area contributed by atoms with E-state index < -0.39 is 10.0 Å². The fourth-order valence-electron chi connectivity index (χ4n) is 4.00. The second kappa shape index (κ2) is 10.4. The zero-order chi connectivity index (χ0) is 24.1. The minimum absolute atomic E-state index is 0.167. The van der Waals surface area contributed by atoms with E-state index >= 15 is 0 Å². The van der Waals surface area contributed by atoms with E-state index in [9.17, 15) is 18.0 Å². The molecule has 1 heterocycles. The van der Waals surface area contributed by atoms with Gasteiger partial charge in [0.1, 0.15) is 4.21 Å². The van der Waals surface area contributed by atoms with Gasteiger partial charge in [0.05, 0.1) is 16.9 Å². The van der Waals surface area contributed by atoms with Crippen molar-refractivity contribution in [2.45, 2.75) is 42.4 Å². The van der Waals surface area contributed by atoms with E-state index in [0.29, 0.717) is 22.5 Å². The van der Waals surface area contributed by atoms with Crippen molar-refractivity contribution in [1.29, 1.82) is 0 Å². The van der Waals surface area contributed by atoms with E-state index in [0.717, 1.165) is 37.0 Å². The number of rotatable bonds is 7. The zero-order valence-corrected chi connectivity index (χ0v) is 20.5. The van der Waals surface area contributed by atoms with Crippen molar-refractivity contribution < 1.29 is 18.0 Å². The van der Waals surface area contributed by atoms with Crippen LogP contribution in [-0.2, 0) is 10.0 Å². The van der Waals surface area contributed by atoms with Crippen molar-refractivity contribution in [1.82, 2.24) is 5.32 Å². The van der Waals surface area contributed by atoms with Crippen LogP contribution >= 0.6 is 11.3 Å². The number of para-hydroxylation sites is 1. The SMILES string of the molecule is CN(c1ccc(C(=O)Nc2ccccc2C(=O)NC2CCCCC2)cc1)S(=O)(=O)c1cccs1. The van der Waals surface area contributed by atoms with Gasteiger partial charge < -0.3 is 10.6 Å². The Hall–Kier alpha value is -3.17. The first kappa shape index (κ1) is 24.0. The number of carbonyl (C=O) groups excluding carboxylic acids is 2. The second-order valence-corrected chi connectivity index (χ2v) is 11.4. The summed E-state index contributed by atoms with van der Waals surface area (Å²) >= 11 is 1.15. The molecule has 9 heteroatoms. The lowest BCUT2D eigenvalue weighted by atomic mass is 9.95. The Balaban J connectivity index is 1.46. The third-order valence-electron chi connectivity index (χ3n) is 5.96. The average Bonchev–Trinajstić information content (AvgIpc) is 3.41. The molecule has 0 spiro atoms. The number of anilines is 2. The summed E-state index contributed by atoms with van der Waals surface area (Å²) in [5.74, 6) is -0.577. The normalized spacial score (nSPS) is 14.4. The quantitative estimate of drug-likeness (QED) is 0.486. The average molecular weight is 498 g/mol. The Kier molecular flexibility index (Phi) is 7.33. The number of nitrogens with zero attached hydrogens (tertiary/aromatic N) is 1. The molecule has 4 rings (SSSR count). The van der Waals surface area contributed by atoms with Crippen LogP contribution in [0.15, 0.2) is 70.3 Å². The Morgan fingerprint density at radius 2 is 1.62 bits per heavy atom. The molecule has 1 fully saturated rings. The van der Waals surface area contributed by atoms with Gasteiger partial charge in [-0.25, -0.2) is 8.42 Å². The van der Waals surface area contributed by atoms with Crippen molar-refractivity contribution in [3.05, 3.63) is 77.2 Å². The number of nitrogens with one attached hydrogen (secondary N) is 2. The van der Waals surface area contributed by atoms with Crippen LogP contribution in [0.25, 0.3) is 0 Å². The highest BCUT2D eigenvalue weighted by molar-refractivity contribution is 7.94. The number of hydrogen-bond acceptors (Lipinski definition) is 5. The van der Waals surface area contributed by atoms with Crippen molar-refractivity contribution in [3.8, 4) is 0 Å². The predicted molar refractivity (Wildman–Crippen MR) is 135 cm³/mol. The lowest BCUT2D eigenvalue weighted by Crippen LogP contribution is -2.36. The minimum atomic E-state index is -3.65. The summed E-state index contributed by atoms with van der Waals surface area (Å²) in [5, 5.41) is 7.61. The third-order valence-corrected chi connectivity index (χ3v) is 9.12. The molecule has 0 bridgehead atoms.